The van der Waals surface area contributed by atoms with Gasteiger partial charge in [-0.15, -0.1) is 0 Å². The number of aryl methyl sites for hydroxylation is 1. The minimum atomic E-state index is 0.932. The average Bonchev–Trinajstić information content (AvgIpc) is 2.57. The van der Waals surface area contributed by atoms with Crippen LogP contribution in [0, 0.1) is 6.92 Å². The van der Waals surface area contributed by atoms with Crippen molar-refractivity contribution in [3.05, 3.63) is 46.4 Å². The molecule has 2 aromatic carbocycles. The van der Waals surface area contributed by atoms with Gasteiger partial charge in [-0.05, 0) is 46.6 Å². The molecular weight excluding hydrogens is 252 g/mol. The molecule has 3 aromatic rings. The molecule has 0 unspecified atom stereocenters. The van der Waals surface area contributed by atoms with Crippen LogP contribution in [0.3, 0.4) is 0 Å². The van der Waals surface area contributed by atoms with Crippen molar-refractivity contribution >= 4 is 37.9 Å². The molecule has 0 saturated heterocycles. The van der Waals surface area contributed by atoms with E-state index in [2.05, 4.69) is 41.1 Å². The molecule has 0 aliphatic heterocycles. The van der Waals surface area contributed by atoms with Crippen molar-refractivity contribution in [2.24, 2.45) is 0 Å². The van der Waals surface area contributed by atoms with E-state index in [1.165, 1.54) is 16.3 Å². The van der Waals surface area contributed by atoms with Crippen LogP contribution in [0.15, 0.2) is 45.3 Å². The standard InChI is InChI=1S/C13H9BrO/c1-8-6-10-9-4-2-3-5-12(9)15-13(10)11(14)7-8/h2-7H,1H3. The summed E-state index contributed by atoms with van der Waals surface area (Å²) in [4.78, 5) is 0. The van der Waals surface area contributed by atoms with Crippen molar-refractivity contribution in [2.75, 3.05) is 0 Å². The maximum absolute atomic E-state index is 5.79. The predicted molar refractivity (Wildman–Crippen MR) is 66.2 cm³/mol. The van der Waals surface area contributed by atoms with Gasteiger partial charge in [0.05, 0.1) is 4.47 Å². The maximum Gasteiger partial charge on any atom is 0.149 e. The highest BCUT2D eigenvalue weighted by Crippen LogP contribution is 2.34. The van der Waals surface area contributed by atoms with Gasteiger partial charge in [0.2, 0.25) is 0 Å². The first-order valence-electron chi connectivity index (χ1n) is 4.83. The molecule has 0 N–H and O–H groups in total. The number of hydrogen-bond donors (Lipinski definition) is 0. The topological polar surface area (TPSA) is 13.1 Å². The van der Waals surface area contributed by atoms with Gasteiger partial charge in [0.1, 0.15) is 11.2 Å². The Morgan fingerprint density at radius 1 is 1.07 bits per heavy atom. The summed E-state index contributed by atoms with van der Waals surface area (Å²) in [6.45, 7) is 2.09. The van der Waals surface area contributed by atoms with Crippen LogP contribution in [-0.4, -0.2) is 0 Å². The van der Waals surface area contributed by atoms with E-state index < -0.39 is 0 Å². The number of benzene rings is 2. The van der Waals surface area contributed by atoms with Crippen LogP contribution in [-0.2, 0) is 0 Å². The molecular formula is C13H9BrO. The van der Waals surface area contributed by atoms with Gasteiger partial charge in [-0.3, -0.25) is 0 Å². The fourth-order valence-corrected chi connectivity index (χ4v) is 2.58. The van der Waals surface area contributed by atoms with Gasteiger partial charge < -0.3 is 4.42 Å². The number of para-hydroxylation sites is 1. The summed E-state index contributed by atoms with van der Waals surface area (Å²) in [6.07, 6.45) is 0. The smallest absolute Gasteiger partial charge is 0.149 e. The molecule has 2 heteroatoms. The molecule has 1 aromatic heterocycles. The van der Waals surface area contributed by atoms with E-state index in [0.717, 1.165) is 15.6 Å². The summed E-state index contributed by atoms with van der Waals surface area (Å²) in [5, 5.41) is 2.36. The zero-order chi connectivity index (χ0) is 10.4. The highest BCUT2D eigenvalue weighted by molar-refractivity contribution is 9.10. The molecule has 0 radical (unpaired) electrons. The largest absolute Gasteiger partial charge is 0.455 e. The minimum Gasteiger partial charge on any atom is -0.455 e. The fraction of sp³-hybridized carbons (Fsp3) is 0.0769. The van der Waals surface area contributed by atoms with Crippen LogP contribution in [0.2, 0.25) is 0 Å². The Morgan fingerprint density at radius 2 is 1.87 bits per heavy atom. The molecule has 15 heavy (non-hydrogen) atoms. The van der Waals surface area contributed by atoms with Crippen molar-refractivity contribution in [3.8, 4) is 0 Å². The molecule has 0 bridgehead atoms. The lowest BCUT2D eigenvalue weighted by Crippen LogP contribution is -1.73. The summed E-state index contributed by atoms with van der Waals surface area (Å²) in [7, 11) is 0. The van der Waals surface area contributed by atoms with Crippen LogP contribution in [0.4, 0.5) is 0 Å². The summed E-state index contributed by atoms with van der Waals surface area (Å²) in [5.41, 5.74) is 3.11. The molecule has 74 valence electrons. The molecule has 0 atom stereocenters. The molecule has 0 aliphatic rings. The molecule has 0 amide bonds. The maximum atomic E-state index is 5.79. The third-order valence-electron chi connectivity index (χ3n) is 2.58. The molecule has 0 saturated carbocycles. The van der Waals surface area contributed by atoms with Gasteiger partial charge in [0.25, 0.3) is 0 Å². The van der Waals surface area contributed by atoms with Crippen LogP contribution >= 0.6 is 15.9 Å². The van der Waals surface area contributed by atoms with Crippen LogP contribution < -0.4 is 0 Å². The molecule has 1 nitrogen and oxygen atoms in total. The number of fused-ring (bicyclic) bond motifs is 3. The van der Waals surface area contributed by atoms with Crippen molar-refractivity contribution in [2.45, 2.75) is 6.92 Å². The summed E-state index contributed by atoms with van der Waals surface area (Å²) >= 11 is 3.53. The molecule has 0 aliphatic carbocycles. The first-order valence-corrected chi connectivity index (χ1v) is 5.62. The Hall–Kier alpha value is -1.28. The van der Waals surface area contributed by atoms with Gasteiger partial charge in [-0.2, -0.15) is 0 Å². The van der Waals surface area contributed by atoms with Gasteiger partial charge in [-0.1, -0.05) is 18.2 Å². The second-order valence-electron chi connectivity index (χ2n) is 3.72. The quantitative estimate of drug-likeness (QED) is 0.573. The number of furan rings is 1. The molecule has 0 fully saturated rings. The number of halogens is 1. The molecule has 0 spiro atoms. The monoisotopic (exact) mass is 260 g/mol. The van der Waals surface area contributed by atoms with Gasteiger partial charge in [-0.25, -0.2) is 0 Å². The van der Waals surface area contributed by atoms with E-state index in [0.29, 0.717) is 0 Å². The van der Waals surface area contributed by atoms with Crippen LogP contribution in [0.1, 0.15) is 5.56 Å². The van der Waals surface area contributed by atoms with Crippen molar-refractivity contribution in [1.82, 2.24) is 0 Å². The fourth-order valence-electron chi connectivity index (χ4n) is 1.92. The Balaban J connectivity index is 2.61. The zero-order valence-corrected chi connectivity index (χ0v) is 9.84. The Morgan fingerprint density at radius 3 is 2.73 bits per heavy atom. The van der Waals surface area contributed by atoms with E-state index >= 15 is 0 Å². The minimum absolute atomic E-state index is 0.932. The van der Waals surface area contributed by atoms with Crippen LogP contribution in [0.25, 0.3) is 21.9 Å². The zero-order valence-electron chi connectivity index (χ0n) is 8.25. The van der Waals surface area contributed by atoms with E-state index in [1.54, 1.807) is 0 Å². The summed E-state index contributed by atoms with van der Waals surface area (Å²) in [6, 6.07) is 12.3. The average molecular weight is 261 g/mol. The SMILES string of the molecule is Cc1cc(Br)c2oc3ccccc3c2c1. The summed E-state index contributed by atoms with van der Waals surface area (Å²) < 4.78 is 6.81. The normalized spacial score (nSPS) is 11.3. The number of rotatable bonds is 0. The van der Waals surface area contributed by atoms with E-state index in [4.69, 9.17) is 4.42 Å². The van der Waals surface area contributed by atoms with Crippen molar-refractivity contribution < 1.29 is 4.42 Å². The lowest BCUT2D eigenvalue weighted by atomic mass is 10.1. The Kier molecular flexibility index (Phi) is 1.86. The predicted octanol–water partition coefficient (Wildman–Crippen LogP) is 4.66. The van der Waals surface area contributed by atoms with Gasteiger partial charge in [0.15, 0.2) is 0 Å². The second-order valence-corrected chi connectivity index (χ2v) is 4.58. The highest BCUT2D eigenvalue weighted by Gasteiger charge is 2.09. The number of hydrogen-bond acceptors (Lipinski definition) is 1. The lowest BCUT2D eigenvalue weighted by molar-refractivity contribution is 0.666. The van der Waals surface area contributed by atoms with Gasteiger partial charge in [0, 0.05) is 10.8 Å². The Bertz CT molecular complexity index is 652. The first kappa shape index (κ1) is 8.98. The Labute approximate surface area is 95.8 Å². The lowest BCUT2D eigenvalue weighted by Gasteiger charge is -1.95. The molecule has 3 rings (SSSR count). The second kappa shape index (κ2) is 3.11. The van der Waals surface area contributed by atoms with Crippen molar-refractivity contribution in [1.29, 1.82) is 0 Å². The third-order valence-corrected chi connectivity index (χ3v) is 3.17. The van der Waals surface area contributed by atoms with E-state index in [-0.39, 0.29) is 0 Å². The van der Waals surface area contributed by atoms with E-state index in [1.807, 2.05) is 18.2 Å². The van der Waals surface area contributed by atoms with E-state index in [9.17, 15) is 0 Å². The first-order chi connectivity index (χ1) is 7.25. The van der Waals surface area contributed by atoms with Crippen molar-refractivity contribution in [3.63, 3.8) is 0 Å². The third kappa shape index (κ3) is 1.29. The highest BCUT2D eigenvalue weighted by atomic mass is 79.9. The van der Waals surface area contributed by atoms with Crippen LogP contribution in [0.5, 0.6) is 0 Å². The van der Waals surface area contributed by atoms with Gasteiger partial charge >= 0.3 is 0 Å². The molecule has 1 heterocycles. The summed E-state index contributed by atoms with van der Waals surface area (Å²) in [5.74, 6) is 0.